The van der Waals surface area contributed by atoms with Crippen LogP contribution in [0.25, 0.3) is 0 Å². The normalized spacial score (nSPS) is 11.8. The zero-order valence-electron chi connectivity index (χ0n) is 17.6. The monoisotopic (exact) mass is 560 g/mol. The van der Waals surface area contributed by atoms with Crippen molar-refractivity contribution in [3.63, 3.8) is 0 Å². The summed E-state index contributed by atoms with van der Waals surface area (Å²) in [5, 5.41) is 27.2. The number of nitrogens with two attached hydrogens (primary N) is 1. The van der Waals surface area contributed by atoms with Gasteiger partial charge in [-0.05, 0) is 42.5 Å². The predicted octanol–water partition coefficient (Wildman–Crippen LogP) is -0.802. The molecular formula is C18H14CuN6NaO8S. The zero-order valence-corrected chi connectivity index (χ0v) is 21.3. The number of hydrogen-bond donors (Lipinski definition) is 5. The minimum Gasteiger partial charge on any atom is -0.506 e. The number of benzene rings is 3. The number of nitro groups is 1. The van der Waals surface area contributed by atoms with E-state index in [4.69, 9.17) is 10.3 Å². The molecule has 3 aromatic rings. The van der Waals surface area contributed by atoms with E-state index in [1.165, 1.54) is 12.1 Å². The Bertz CT molecular complexity index is 1610. The Morgan fingerprint density at radius 2 is 1.69 bits per heavy atom. The Morgan fingerprint density at radius 3 is 2.29 bits per heavy atom. The number of nitrogen functional groups attached to an aromatic ring is 1. The molecule has 3 rings (SSSR count). The van der Waals surface area contributed by atoms with Crippen LogP contribution in [0.5, 0.6) is 5.75 Å². The first-order chi connectivity index (χ1) is 15.5. The van der Waals surface area contributed by atoms with Crippen LogP contribution in [0.2, 0.25) is 0 Å². The minimum atomic E-state index is -4.56. The molecule has 0 fully saturated rings. The quantitative estimate of drug-likeness (QED) is 0.0625. The Kier molecular flexibility index (Phi) is 10.3. The first kappa shape index (κ1) is 29.9. The first-order valence-electron chi connectivity index (χ1n) is 8.76. The molecule has 0 bridgehead atoms. The largest absolute Gasteiger partial charge is 0.506 e. The molecule has 35 heavy (non-hydrogen) atoms. The second-order valence-corrected chi connectivity index (χ2v) is 7.81. The van der Waals surface area contributed by atoms with Gasteiger partial charge in [-0.15, -0.1) is 0 Å². The maximum Gasteiger partial charge on any atom is 0.294 e. The van der Waals surface area contributed by atoms with Crippen LogP contribution in [-0.2, 0) is 27.2 Å². The van der Waals surface area contributed by atoms with Gasteiger partial charge in [-0.25, -0.2) is 0 Å². The summed E-state index contributed by atoms with van der Waals surface area (Å²) in [6, 6.07) is 8.48. The van der Waals surface area contributed by atoms with Gasteiger partial charge in [-0.3, -0.25) is 35.1 Å². The summed E-state index contributed by atoms with van der Waals surface area (Å²) in [5.74, 6) is -0.429. The van der Waals surface area contributed by atoms with E-state index in [1.54, 1.807) is 0 Å². The molecule has 0 aliphatic rings. The standard InChI is InChI=1S/C18H14N6O8S.Cu.Na/c19-11-7-9(1-4-14(11)24(28)29)20-23-17-16(26)6-3-12(18(17)27)21-22-13-8-10(33(30,31)32)2-5-15(13)25;;/h1-8,20,22,25H,19H2,(H,30,31,32);;/b21-12+,23-17+;;. The van der Waals surface area contributed by atoms with Gasteiger partial charge in [0.25, 0.3) is 15.8 Å². The summed E-state index contributed by atoms with van der Waals surface area (Å²) in [6.45, 7) is 0. The van der Waals surface area contributed by atoms with E-state index in [2.05, 4.69) is 21.1 Å². The molecule has 17 heteroatoms. The topological polar surface area (TPSA) is 227 Å². The van der Waals surface area contributed by atoms with E-state index in [-0.39, 0.29) is 74.7 Å². The van der Waals surface area contributed by atoms with Crippen LogP contribution in [0.1, 0.15) is 0 Å². The number of phenols is 1. The number of phenolic OH excluding ortho intramolecular Hbond substituents is 1. The minimum absolute atomic E-state index is 0. The van der Waals surface area contributed by atoms with Gasteiger partial charge in [0.2, 0.25) is 10.9 Å². The molecule has 0 saturated heterocycles. The van der Waals surface area contributed by atoms with Gasteiger partial charge in [0.1, 0.15) is 16.8 Å². The van der Waals surface area contributed by atoms with E-state index in [0.29, 0.717) is 0 Å². The van der Waals surface area contributed by atoms with Crippen molar-refractivity contribution < 1.29 is 40.1 Å². The van der Waals surface area contributed by atoms with E-state index in [1.807, 2.05) is 0 Å². The number of nitrogens with one attached hydrogen (secondary N) is 2. The van der Waals surface area contributed by atoms with Crippen molar-refractivity contribution >= 4 is 62.4 Å². The van der Waals surface area contributed by atoms with Crippen molar-refractivity contribution in [2.75, 3.05) is 16.6 Å². The van der Waals surface area contributed by atoms with Gasteiger partial charge in [0, 0.05) is 52.7 Å². The van der Waals surface area contributed by atoms with Crippen molar-refractivity contribution in [2.24, 2.45) is 10.2 Å². The summed E-state index contributed by atoms with van der Waals surface area (Å²) >= 11 is 0. The van der Waals surface area contributed by atoms with Gasteiger partial charge in [0.15, 0.2) is 5.36 Å². The van der Waals surface area contributed by atoms with Crippen LogP contribution in [0.4, 0.5) is 22.7 Å². The molecule has 3 aromatic carbocycles. The smallest absolute Gasteiger partial charge is 0.294 e. The first-order valence-corrected chi connectivity index (χ1v) is 10.2. The van der Waals surface area contributed by atoms with Crippen molar-refractivity contribution in [3.05, 3.63) is 89.8 Å². The molecule has 0 saturated carbocycles. The van der Waals surface area contributed by atoms with E-state index in [0.717, 1.165) is 36.4 Å². The summed E-state index contributed by atoms with van der Waals surface area (Å²) in [6.07, 6.45) is 0. The molecule has 14 nitrogen and oxygen atoms in total. The van der Waals surface area contributed by atoms with Crippen molar-refractivity contribution in [2.45, 2.75) is 4.90 Å². The Balaban J connectivity index is 0.00000306. The number of anilines is 3. The fraction of sp³-hybridized carbons (Fsp3) is 0. The zero-order chi connectivity index (χ0) is 24.3. The fourth-order valence-corrected chi connectivity index (χ4v) is 3.04. The van der Waals surface area contributed by atoms with E-state index in [9.17, 15) is 33.2 Å². The molecule has 0 heterocycles. The van der Waals surface area contributed by atoms with Gasteiger partial charge < -0.3 is 10.8 Å². The molecule has 0 aliphatic heterocycles. The summed E-state index contributed by atoms with van der Waals surface area (Å²) in [7, 11) is -4.56. The third-order valence-corrected chi connectivity index (χ3v) is 5.01. The van der Waals surface area contributed by atoms with Gasteiger partial charge in [-0.2, -0.15) is 18.6 Å². The SMILES string of the molecule is Nc1cc(N/N=c2\c(=O)cc/c(=N\Nc3cc(S(=O)(=O)O)ccc3O)c2=O)ccc1[N+](=O)[O-].[Cu].[Na]. The molecule has 0 atom stereocenters. The second kappa shape index (κ2) is 12.0. The van der Waals surface area contributed by atoms with Gasteiger partial charge in [-0.1, -0.05) is 0 Å². The third kappa shape index (κ3) is 7.19. The second-order valence-electron chi connectivity index (χ2n) is 6.39. The summed E-state index contributed by atoms with van der Waals surface area (Å²) in [4.78, 5) is 34.2. The van der Waals surface area contributed by atoms with Crippen molar-refractivity contribution in [3.8, 4) is 5.75 Å². The summed E-state index contributed by atoms with van der Waals surface area (Å²) < 4.78 is 31.6. The molecule has 0 amide bonds. The molecule has 0 spiro atoms. The van der Waals surface area contributed by atoms with Crippen LogP contribution >= 0.6 is 0 Å². The van der Waals surface area contributed by atoms with Crippen molar-refractivity contribution in [1.82, 2.24) is 0 Å². The van der Waals surface area contributed by atoms with Crippen LogP contribution < -0.4 is 38.2 Å². The third-order valence-electron chi connectivity index (χ3n) is 4.16. The Hall–Kier alpha value is -3.11. The Morgan fingerprint density at radius 1 is 1.00 bits per heavy atom. The average molecular weight is 561 g/mol. The molecule has 182 valence electrons. The number of aromatic hydroxyl groups is 1. The van der Waals surface area contributed by atoms with E-state index >= 15 is 0 Å². The molecule has 0 aliphatic carbocycles. The summed E-state index contributed by atoms with van der Waals surface area (Å²) in [5.41, 5.74) is 8.04. The van der Waals surface area contributed by atoms with Crippen molar-refractivity contribution in [1.29, 1.82) is 0 Å². The van der Waals surface area contributed by atoms with E-state index < -0.39 is 41.9 Å². The molecule has 0 unspecified atom stereocenters. The number of nitro benzene ring substituents is 1. The number of nitrogens with zero attached hydrogens (tertiary/aromatic N) is 3. The molecule has 2 radical (unpaired) electrons. The predicted molar refractivity (Wildman–Crippen MR) is 121 cm³/mol. The molecule has 0 aromatic heterocycles. The van der Waals surface area contributed by atoms with Crippen LogP contribution in [0, 0.1) is 10.1 Å². The van der Waals surface area contributed by atoms with Crippen LogP contribution in [0.3, 0.4) is 0 Å². The van der Waals surface area contributed by atoms with Gasteiger partial charge in [0.05, 0.1) is 21.2 Å². The average Bonchev–Trinajstić information content (AvgIpc) is 2.73. The Labute approximate surface area is 228 Å². The molecule has 6 N–H and O–H groups in total. The maximum absolute atomic E-state index is 12.6. The number of hydrogen-bond acceptors (Lipinski definition) is 12. The van der Waals surface area contributed by atoms with Gasteiger partial charge >= 0.3 is 0 Å². The van der Waals surface area contributed by atoms with Crippen LogP contribution in [-0.4, -0.2) is 52.6 Å². The maximum atomic E-state index is 12.6. The number of rotatable bonds is 6. The van der Waals surface area contributed by atoms with Crippen LogP contribution in [0.15, 0.2) is 73.2 Å². The molecular weight excluding hydrogens is 547 g/mol. The fourth-order valence-electron chi connectivity index (χ4n) is 2.53.